The van der Waals surface area contributed by atoms with Gasteiger partial charge in [0.15, 0.2) is 0 Å². The molecule has 0 fully saturated rings. The Labute approximate surface area is 123 Å². The molecule has 1 N–H and O–H groups in total. The van der Waals surface area contributed by atoms with E-state index in [1.807, 2.05) is 12.1 Å². The van der Waals surface area contributed by atoms with Crippen molar-refractivity contribution in [2.45, 2.75) is 52.4 Å². The van der Waals surface area contributed by atoms with Gasteiger partial charge in [0.05, 0.1) is 0 Å². The fraction of sp³-hybridized carbons (Fsp3) is 0.474. The molecule has 0 unspecified atom stereocenters. The lowest BCUT2D eigenvalue weighted by atomic mass is 9.74. The maximum Gasteiger partial charge on any atom is 0.119 e. The van der Waals surface area contributed by atoms with E-state index in [0.29, 0.717) is 11.7 Å². The Hall–Kier alpha value is -1.50. The Morgan fingerprint density at radius 1 is 1.40 bits per heavy atom. The molecule has 0 spiro atoms. The lowest BCUT2D eigenvalue weighted by Crippen LogP contribution is -2.17. The average molecular weight is 270 g/mol. The van der Waals surface area contributed by atoms with Crippen LogP contribution in [-0.2, 0) is 6.42 Å². The van der Waals surface area contributed by atoms with E-state index in [4.69, 9.17) is 0 Å². The summed E-state index contributed by atoms with van der Waals surface area (Å²) in [4.78, 5) is 0. The smallest absolute Gasteiger partial charge is 0.119 e. The van der Waals surface area contributed by atoms with Crippen LogP contribution in [0, 0.1) is 5.92 Å². The molecule has 108 valence electrons. The minimum Gasteiger partial charge on any atom is -0.508 e. The Bertz CT molecular complexity index is 525. The second kappa shape index (κ2) is 6.30. The molecule has 0 saturated heterocycles. The molecule has 0 amide bonds. The summed E-state index contributed by atoms with van der Waals surface area (Å²) in [6.07, 6.45) is 6.81. The van der Waals surface area contributed by atoms with Gasteiger partial charge in [0.2, 0.25) is 0 Å². The Morgan fingerprint density at radius 2 is 2.15 bits per heavy atom. The predicted octanol–water partition coefficient (Wildman–Crippen LogP) is 5.36. The summed E-state index contributed by atoms with van der Waals surface area (Å²) in [7, 11) is 0. The highest BCUT2D eigenvalue weighted by molar-refractivity contribution is 5.43. The lowest BCUT2D eigenvalue weighted by Gasteiger charge is -2.31. The number of benzene rings is 1. The van der Waals surface area contributed by atoms with Crippen molar-refractivity contribution in [3.05, 3.63) is 53.1 Å². The summed E-state index contributed by atoms with van der Waals surface area (Å²) >= 11 is 0. The van der Waals surface area contributed by atoms with Gasteiger partial charge in [-0.2, -0.15) is 0 Å². The van der Waals surface area contributed by atoms with Crippen molar-refractivity contribution in [2.24, 2.45) is 5.92 Å². The van der Waals surface area contributed by atoms with E-state index >= 15 is 0 Å². The maximum absolute atomic E-state index is 10.3. The normalized spacial score (nSPS) is 22.4. The highest BCUT2D eigenvalue weighted by atomic mass is 16.3. The summed E-state index contributed by atoms with van der Waals surface area (Å²) in [5.41, 5.74) is 5.03. The number of phenolic OH excluding ortho intramolecular Hbond substituents is 1. The van der Waals surface area contributed by atoms with Crippen molar-refractivity contribution in [1.82, 2.24) is 0 Å². The van der Waals surface area contributed by atoms with E-state index in [1.165, 1.54) is 16.7 Å². The number of aromatic hydroxyl groups is 1. The summed E-state index contributed by atoms with van der Waals surface area (Å²) in [5, 5.41) is 10.3. The summed E-state index contributed by atoms with van der Waals surface area (Å²) < 4.78 is 0. The highest BCUT2D eigenvalue weighted by Gasteiger charge is 2.27. The lowest BCUT2D eigenvalue weighted by molar-refractivity contribution is 0.436. The third kappa shape index (κ3) is 3.15. The third-order valence-electron chi connectivity index (χ3n) is 4.37. The standard InChI is InChI=1S/C19H26O/c1-5-6-15-8-10-19(20)18(12-15)17-11-14(4)7-9-16(17)13(2)3/h8,10-12,16-17,20H,2,5-7,9H2,1,3-4H3/t16-,17+/m0/s1. The van der Waals surface area contributed by atoms with E-state index in [-0.39, 0.29) is 5.92 Å². The zero-order chi connectivity index (χ0) is 14.7. The molecule has 2 atom stereocenters. The zero-order valence-electron chi connectivity index (χ0n) is 12.9. The number of rotatable bonds is 4. The largest absolute Gasteiger partial charge is 0.508 e. The Balaban J connectivity index is 2.43. The molecule has 0 aliphatic heterocycles. The second-order valence-corrected chi connectivity index (χ2v) is 6.17. The molecule has 0 aromatic heterocycles. The molecular weight excluding hydrogens is 244 g/mol. The average Bonchev–Trinajstić information content (AvgIpc) is 2.40. The summed E-state index contributed by atoms with van der Waals surface area (Å²) in [6, 6.07) is 6.08. The van der Waals surface area contributed by atoms with E-state index in [1.54, 1.807) is 0 Å². The molecule has 1 nitrogen and oxygen atoms in total. The molecule has 20 heavy (non-hydrogen) atoms. The molecule has 0 bridgehead atoms. The summed E-state index contributed by atoms with van der Waals surface area (Å²) in [5.74, 6) is 1.14. The van der Waals surface area contributed by atoms with E-state index in [0.717, 1.165) is 31.2 Å². The van der Waals surface area contributed by atoms with Crippen LogP contribution in [0.4, 0.5) is 0 Å². The minimum atomic E-state index is 0.276. The van der Waals surface area contributed by atoms with Gasteiger partial charge in [0, 0.05) is 11.5 Å². The first-order valence-electron chi connectivity index (χ1n) is 7.67. The van der Waals surface area contributed by atoms with Gasteiger partial charge in [-0.3, -0.25) is 0 Å². The zero-order valence-corrected chi connectivity index (χ0v) is 12.9. The molecule has 0 saturated carbocycles. The molecule has 1 aromatic rings. The van der Waals surface area contributed by atoms with Crippen molar-refractivity contribution in [2.75, 3.05) is 0 Å². The SMILES string of the molecule is C=C(C)[C@@H]1CCC(C)=C[C@H]1c1cc(CCC)ccc1O. The molecular formula is C19H26O. The quantitative estimate of drug-likeness (QED) is 0.730. The van der Waals surface area contributed by atoms with E-state index in [2.05, 4.69) is 39.5 Å². The van der Waals surface area contributed by atoms with Crippen LogP contribution in [0.15, 0.2) is 42.0 Å². The fourth-order valence-electron chi connectivity index (χ4n) is 3.24. The van der Waals surface area contributed by atoms with Gasteiger partial charge in [0.25, 0.3) is 0 Å². The molecule has 1 aliphatic carbocycles. The maximum atomic E-state index is 10.3. The molecule has 1 heteroatoms. The van der Waals surface area contributed by atoms with Gasteiger partial charge in [0.1, 0.15) is 5.75 Å². The number of aryl methyl sites for hydroxylation is 1. The van der Waals surface area contributed by atoms with Gasteiger partial charge in [-0.15, -0.1) is 0 Å². The van der Waals surface area contributed by atoms with Crippen LogP contribution in [0.1, 0.15) is 57.1 Å². The van der Waals surface area contributed by atoms with Gasteiger partial charge in [-0.1, -0.05) is 49.3 Å². The number of hydrogen-bond acceptors (Lipinski definition) is 1. The van der Waals surface area contributed by atoms with Crippen LogP contribution in [0.3, 0.4) is 0 Å². The monoisotopic (exact) mass is 270 g/mol. The fourth-order valence-corrected chi connectivity index (χ4v) is 3.24. The van der Waals surface area contributed by atoms with Crippen molar-refractivity contribution in [3.63, 3.8) is 0 Å². The number of hydrogen-bond donors (Lipinski definition) is 1. The second-order valence-electron chi connectivity index (χ2n) is 6.17. The third-order valence-corrected chi connectivity index (χ3v) is 4.37. The first-order chi connectivity index (χ1) is 9.52. The minimum absolute atomic E-state index is 0.276. The van der Waals surface area contributed by atoms with Crippen molar-refractivity contribution in [3.8, 4) is 5.75 Å². The Kier molecular flexibility index (Phi) is 4.69. The van der Waals surface area contributed by atoms with Crippen molar-refractivity contribution < 1.29 is 5.11 Å². The molecule has 1 aliphatic rings. The first-order valence-corrected chi connectivity index (χ1v) is 7.67. The topological polar surface area (TPSA) is 20.2 Å². The first kappa shape index (κ1) is 14.9. The summed E-state index contributed by atoms with van der Waals surface area (Å²) in [6.45, 7) is 10.6. The van der Waals surface area contributed by atoms with Crippen molar-refractivity contribution in [1.29, 1.82) is 0 Å². The molecule has 0 heterocycles. The van der Waals surface area contributed by atoms with Gasteiger partial charge >= 0.3 is 0 Å². The molecule has 2 rings (SSSR count). The van der Waals surface area contributed by atoms with Crippen LogP contribution < -0.4 is 0 Å². The Morgan fingerprint density at radius 3 is 2.80 bits per heavy atom. The molecule has 0 radical (unpaired) electrons. The van der Waals surface area contributed by atoms with Crippen LogP contribution >= 0.6 is 0 Å². The van der Waals surface area contributed by atoms with Crippen LogP contribution in [0.25, 0.3) is 0 Å². The van der Waals surface area contributed by atoms with Crippen LogP contribution in [-0.4, -0.2) is 5.11 Å². The predicted molar refractivity (Wildman–Crippen MR) is 86.1 cm³/mol. The number of phenols is 1. The van der Waals surface area contributed by atoms with Gasteiger partial charge < -0.3 is 5.11 Å². The highest BCUT2D eigenvalue weighted by Crippen LogP contribution is 2.42. The van der Waals surface area contributed by atoms with Crippen LogP contribution in [0.5, 0.6) is 5.75 Å². The number of allylic oxidation sites excluding steroid dienone is 3. The van der Waals surface area contributed by atoms with Crippen LogP contribution in [0.2, 0.25) is 0 Å². The van der Waals surface area contributed by atoms with Gasteiger partial charge in [-0.25, -0.2) is 0 Å². The molecule has 1 aromatic carbocycles. The van der Waals surface area contributed by atoms with E-state index in [9.17, 15) is 5.11 Å². The van der Waals surface area contributed by atoms with Gasteiger partial charge in [-0.05, 0) is 50.7 Å². The van der Waals surface area contributed by atoms with E-state index < -0.39 is 0 Å². The van der Waals surface area contributed by atoms with Crippen molar-refractivity contribution >= 4 is 0 Å².